The van der Waals surface area contributed by atoms with Crippen molar-refractivity contribution in [1.82, 2.24) is 15.8 Å². The number of hydrazine groups is 1. The van der Waals surface area contributed by atoms with Crippen LogP contribution in [0.25, 0.3) is 0 Å². The van der Waals surface area contributed by atoms with Crippen LogP contribution in [0.15, 0.2) is 0 Å². The van der Waals surface area contributed by atoms with Crippen LogP contribution in [0, 0.1) is 5.92 Å². The summed E-state index contributed by atoms with van der Waals surface area (Å²) in [7, 11) is 0. The van der Waals surface area contributed by atoms with E-state index in [1.165, 1.54) is 32.4 Å². The fraction of sp³-hybridized carbons (Fsp3) is 1.00. The molecule has 12 heavy (non-hydrogen) atoms. The molecule has 2 saturated heterocycles. The second kappa shape index (κ2) is 3.73. The molecule has 2 aliphatic heterocycles. The summed E-state index contributed by atoms with van der Waals surface area (Å²) in [4.78, 5) is 0. The number of rotatable bonds is 1. The molecule has 0 radical (unpaired) electrons. The minimum absolute atomic E-state index is 0.594. The molecule has 0 aromatic heterocycles. The summed E-state index contributed by atoms with van der Waals surface area (Å²) >= 11 is 0. The number of hydrogen-bond acceptors (Lipinski definition) is 3. The Bertz CT molecular complexity index is 143. The molecule has 0 spiro atoms. The van der Waals surface area contributed by atoms with Gasteiger partial charge in [-0.05, 0) is 31.7 Å². The SMILES string of the molecule is CC1CCNC(N2CCCN2)C1. The maximum atomic E-state index is 3.55. The minimum atomic E-state index is 0.594. The largest absolute Gasteiger partial charge is 0.301 e. The molecule has 3 heteroatoms. The van der Waals surface area contributed by atoms with Crippen LogP contribution in [0.5, 0.6) is 0 Å². The van der Waals surface area contributed by atoms with E-state index in [9.17, 15) is 0 Å². The van der Waals surface area contributed by atoms with Crippen LogP contribution in [0.3, 0.4) is 0 Å². The van der Waals surface area contributed by atoms with Crippen molar-refractivity contribution < 1.29 is 0 Å². The lowest BCUT2D eigenvalue weighted by molar-refractivity contribution is 0.1000. The first-order valence-electron chi connectivity index (χ1n) is 5.10. The molecule has 0 amide bonds. The molecule has 2 aliphatic rings. The van der Waals surface area contributed by atoms with Crippen LogP contribution in [-0.4, -0.2) is 30.8 Å². The van der Waals surface area contributed by atoms with Gasteiger partial charge in [-0.2, -0.15) is 0 Å². The molecule has 2 atom stereocenters. The maximum absolute atomic E-state index is 3.55. The first-order valence-corrected chi connectivity index (χ1v) is 5.10. The number of hydrogen-bond donors (Lipinski definition) is 2. The standard InChI is InChI=1S/C9H19N3/c1-8-3-5-10-9(7-8)12-6-2-4-11-12/h8-11H,2-7H2,1H3. The van der Waals surface area contributed by atoms with Crippen molar-refractivity contribution >= 4 is 0 Å². The molecule has 0 aromatic carbocycles. The van der Waals surface area contributed by atoms with E-state index in [0.29, 0.717) is 6.17 Å². The normalized spacial score (nSPS) is 38.8. The molecule has 2 fully saturated rings. The Morgan fingerprint density at radius 2 is 2.25 bits per heavy atom. The highest BCUT2D eigenvalue weighted by Gasteiger charge is 2.25. The lowest BCUT2D eigenvalue weighted by Gasteiger charge is -2.34. The Morgan fingerprint density at radius 1 is 1.33 bits per heavy atom. The zero-order valence-electron chi connectivity index (χ0n) is 7.84. The molecule has 0 aliphatic carbocycles. The molecule has 2 heterocycles. The van der Waals surface area contributed by atoms with Crippen LogP contribution in [0.4, 0.5) is 0 Å². The average molecular weight is 169 g/mol. The van der Waals surface area contributed by atoms with Crippen LogP contribution in [-0.2, 0) is 0 Å². The van der Waals surface area contributed by atoms with Crippen LogP contribution >= 0.6 is 0 Å². The van der Waals surface area contributed by atoms with Gasteiger partial charge in [0.15, 0.2) is 0 Å². The van der Waals surface area contributed by atoms with Crippen molar-refractivity contribution in [3.63, 3.8) is 0 Å². The van der Waals surface area contributed by atoms with Gasteiger partial charge in [0.1, 0.15) is 0 Å². The monoisotopic (exact) mass is 169 g/mol. The van der Waals surface area contributed by atoms with Gasteiger partial charge in [0.05, 0.1) is 6.17 Å². The number of nitrogens with zero attached hydrogens (tertiary/aromatic N) is 1. The lowest BCUT2D eigenvalue weighted by atomic mass is 9.98. The molecule has 2 N–H and O–H groups in total. The summed E-state index contributed by atoms with van der Waals surface area (Å²) in [5, 5.41) is 5.93. The number of nitrogens with one attached hydrogen (secondary N) is 2. The predicted molar refractivity (Wildman–Crippen MR) is 49.5 cm³/mol. The Morgan fingerprint density at radius 3 is 2.92 bits per heavy atom. The Labute approximate surface area is 74.5 Å². The Kier molecular flexibility index (Phi) is 2.63. The average Bonchev–Trinajstić information content (AvgIpc) is 2.56. The van der Waals surface area contributed by atoms with E-state index in [4.69, 9.17) is 0 Å². The molecule has 70 valence electrons. The molecule has 0 bridgehead atoms. The highest BCUT2D eigenvalue weighted by Crippen LogP contribution is 2.17. The van der Waals surface area contributed by atoms with E-state index in [0.717, 1.165) is 12.5 Å². The predicted octanol–water partition coefficient (Wildman–Crippen LogP) is 0.542. The smallest absolute Gasteiger partial charge is 0.0735 e. The topological polar surface area (TPSA) is 27.3 Å². The molecular weight excluding hydrogens is 150 g/mol. The van der Waals surface area contributed by atoms with E-state index < -0.39 is 0 Å². The second-order valence-corrected chi connectivity index (χ2v) is 4.05. The fourth-order valence-corrected chi connectivity index (χ4v) is 2.13. The Balaban J connectivity index is 1.85. The summed E-state index contributed by atoms with van der Waals surface area (Å²) in [6.07, 6.45) is 4.53. The van der Waals surface area contributed by atoms with Gasteiger partial charge in [-0.15, -0.1) is 0 Å². The fourth-order valence-electron chi connectivity index (χ4n) is 2.13. The highest BCUT2D eigenvalue weighted by molar-refractivity contribution is 4.77. The summed E-state index contributed by atoms with van der Waals surface area (Å²) in [6.45, 7) is 5.91. The summed E-state index contributed by atoms with van der Waals surface area (Å²) in [5.74, 6) is 0.888. The van der Waals surface area contributed by atoms with Gasteiger partial charge in [-0.1, -0.05) is 6.92 Å². The summed E-state index contributed by atoms with van der Waals surface area (Å²) in [5.41, 5.74) is 3.42. The van der Waals surface area contributed by atoms with Gasteiger partial charge in [0.2, 0.25) is 0 Å². The molecule has 0 saturated carbocycles. The van der Waals surface area contributed by atoms with Crippen molar-refractivity contribution in [3.8, 4) is 0 Å². The maximum Gasteiger partial charge on any atom is 0.0735 e. The number of piperidine rings is 1. The quantitative estimate of drug-likeness (QED) is 0.600. The van der Waals surface area contributed by atoms with Crippen molar-refractivity contribution in [1.29, 1.82) is 0 Å². The molecular formula is C9H19N3. The van der Waals surface area contributed by atoms with Crippen molar-refractivity contribution in [2.24, 2.45) is 5.92 Å². The van der Waals surface area contributed by atoms with Crippen LogP contribution in [0.1, 0.15) is 26.2 Å². The lowest BCUT2D eigenvalue weighted by Crippen LogP contribution is -2.52. The van der Waals surface area contributed by atoms with E-state index >= 15 is 0 Å². The third-order valence-electron chi connectivity index (χ3n) is 2.91. The highest BCUT2D eigenvalue weighted by atomic mass is 15.6. The molecule has 0 aromatic rings. The van der Waals surface area contributed by atoms with Gasteiger partial charge in [-0.3, -0.25) is 5.43 Å². The summed E-state index contributed by atoms with van der Waals surface area (Å²) < 4.78 is 0. The Hall–Kier alpha value is -0.120. The van der Waals surface area contributed by atoms with E-state index in [1.54, 1.807) is 0 Å². The van der Waals surface area contributed by atoms with Gasteiger partial charge >= 0.3 is 0 Å². The van der Waals surface area contributed by atoms with Crippen molar-refractivity contribution in [2.45, 2.75) is 32.4 Å². The third kappa shape index (κ3) is 1.79. The van der Waals surface area contributed by atoms with Crippen molar-refractivity contribution in [3.05, 3.63) is 0 Å². The third-order valence-corrected chi connectivity index (χ3v) is 2.91. The summed E-state index contributed by atoms with van der Waals surface area (Å²) in [6, 6.07) is 0. The van der Waals surface area contributed by atoms with E-state index in [-0.39, 0.29) is 0 Å². The zero-order valence-corrected chi connectivity index (χ0v) is 7.84. The van der Waals surface area contributed by atoms with Crippen LogP contribution < -0.4 is 10.7 Å². The zero-order chi connectivity index (χ0) is 8.39. The second-order valence-electron chi connectivity index (χ2n) is 4.05. The van der Waals surface area contributed by atoms with Gasteiger partial charge in [0, 0.05) is 13.1 Å². The minimum Gasteiger partial charge on any atom is -0.301 e. The van der Waals surface area contributed by atoms with E-state index in [1.807, 2.05) is 0 Å². The van der Waals surface area contributed by atoms with Gasteiger partial charge in [0.25, 0.3) is 0 Å². The van der Waals surface area contributed by atoms with Gasteiger partial charge < -0.3 is 5.32 Å². The van der Waals surface area contributed by atoms with Crippen molar-refractivity contribution in [2.75, 3.05) is 19.6 Å². The first-order chi connectivity index (χ1) is 5.86. The molecule has 3 nitrogen and oxygen atoms in total. The first kappa shape index (κ1) is 8.48. The molecule has 2 rings (SSSR count). The van der Waals surface area contributed by atoms with Crippen LogP contribution in [0.2, 0.25) is 0 Å². The van der Waals surface area contributed by atoms with Gasteiger partial charge in [-0.25, -0.2) is 5.01 Å². The van der Waals surface area contributed by atoms with E-state index in [2.05, 4.69) is 22.7 Å². The molecule has 2 unspecified atom stereocenters.